The molecule has 0 saturated heterocycles. The number of sulfone groups is 1. The molecular weight excluding hydrogens is 348 g/mol. The van der Waals surface area contributed by atoms with Crippen LogP contribution in [0.1, 0.15) is 19.4 Å². The molecule has 0 aliphatic heterocycles. The van der Waals surface area contributed by atoms with Crippen molar-refractivity contribution in [3.63, 3.8) is 0 Å². The molecule has 0 spiro atoms. The fourth-order valence-corrected chi connectivity index (χ4v) is 5.05. The van der Waals surface area contributed by atoms with Gasteiger partial charge >= 0.3 is 0 Å². The largest absolute Gasteiger partial charge is 0.392 e. The predicted molar refractivity (Wildman–Crippen MR) is 101 cm³/mol. The zero-order valence-corrected chi connectivity index (χ0v) is 15.8. The van der Waals surface area contributed by atoms with Crippen LogP contribution in [0.5, 0.6) is 0 Å². The Kier molecular flexibility index (Phi) is 5.61. The van der Waals surface area contributed by atoms with Gasteiger partial charge in [0.15, 0.2) is 0 Å². The van der Waals surface area contributed by atoms with E-state index in [2.05, 4.69) is 0 Å². The van der Waals surface area contributed by atoms with Crippen molar-refractivity contribution in [2.45, 2.75) is 37.6 Å². The minimum atomic E-state index is -3.66. The van der Waals surface area contributed by atoms with Crippen LogP contribution in [-0.2, 0) is 21.2 Å². The molecule has 1 N–H and O–H groups in total. The zero-order valence-electron chi connectivity index (χ0n) is 14.9. The van der Waals surface area contributed by atoms with Crippen molar-refractivity contribution >= 4 is 9.84 Å². The number of benzene rings is 2. The van der Waals surface area contributed by atoms with Crippen LogP contribution in [0.25, 0.3) is 0 Å². The lowest BCUT2D eigenvalue weighted by Gasteiger charge is -2.36. The van der Waals surface area contributed by atoms with Crippen molar-refractivity contribution in [1.82, 2.24) is 0 Å². The first kappa shape index (κ1) is 18.8. The summed E-state index contributed by atoms with van der Waals surface area (Å²) in [6, 6.07) is 18.0. The molecular formula is C21H24O4S. The summed E-state index contributed by atoms with van der Waals surface area (Å²) < 4.78 is 32.0. The number of rotatable bonds is 5. The molecule has 4 atom stereocenters. The van der Waals surface area contributed by atoms with Crippen molar-refractivity contribution in [3.8, 4) is 0 Å². The Hall–Kier alpha value is -1.95. The van der Waals surface area contributed by atoms with Gasteiger partial charge in [-0.1, -0.05) is 62.4 Å². The predicted octanol–water partition coefficient (Wildman–Crippen LogP) is 3.58. The van der Waals surface area contributed by atoms with Crippen LogP contribution >= 0.6 is 0 Å². The highest BCUT2D eigenvalue weighted by Crippen LogP contribution is 2.36. The second-order valence-electron chi connectivity index (χ2n) is 6.79. The van der Waals surface area contributed by atoms with Gasteiger partial charge in [-0.25, -0.2) is 8.42 Å². The van der Waals surface area contributed by atoms with Crippen molar-refractivity contribution < 1.29 is 18.3 Å². The third-order valence-corrected chi connectivity index (χ3v) is 7.02. The molecule has 0 saturated carbocycles. The molecule has 0 radical (unpaired) electrons. The number of hydrogen-bond acceptors (Lipinski definition) is 4. The van der Waals surface area contributed by atoms with Gasteiger partial charge in [-0.2, -0.15) is 0 Å². The normalized spacial score (nSPS) is 26.3. The van der Waals surface area contributed by atoms with Crippen molar-refractivity contribution in [2.75, 3.05) is 0 Å². The van der Waals surface area contributed by atoms with E-state index in [4.69, 9.17) is 4.74 Å². The molecule has 5 heteroatoms. The van der Waals surface area contributed by atoms with Crippen LogP contribution in [-0.4, -0.2) is 25.7 Å². The third-order valence-electron chi connectivity index (χ3n) is 5.00. The smallest absolute Gasteiger partial charge is 0.202 e. The number of hydrogen-bond donors (Lipinski definition) is 1. The third kappa shape index (κ3) is 3.75. The first-order valence-electron chi connectivity index (χ1n) is 8.76. The number of ether oxygens (including phenoxy) is 1. The highest BCUT2D eigenvalue weighted by Gasteiger charge is 2.40. The maximum absolute atomic E-state index is 13.0. The molecule has 1 aliphatic rings. The van der Waals surface area contributed by atoms with Gasteiger partial charge in [0.05, 0.1) is 28.6 Å². The van der Waals surface area contributed by atoms with Gasteiger partial charge in [0.25, 0.3) is 0 Å². The molecule has 3 rings (SSSR count). The maximum atomic E-state index is 13.0. The fourth-order valence-electron chi connectivity index (χ4n) is 3.32. The van der Waals surface area contributed by atoms with Crippen molar-refractivity contribution in [3.05, 3.63) is 77.2 Å². The van der Waals surface area contributed by atoms with E-state index in [-0.39, 0.29) is 15.7 Å². The van der Waals surface area contributed by atoms with Gasteiger partial charge in [0.1, 0.15) is 0 Å². The minimum Gasteiger partial charge on any atom is -0.392 e. The molecule has 0 heterocycles. The second-order valence-corrected chi connectivity index (χ2v) is 8.73. The van der Waals surface area contributed by atoms with Gasteiger partial charge in [0.2, 0.25) is 9.84 Å². The van der Waals surface area contributed by atoms with E-state index in [1.807, 2.05) is 37.3 Å². The van der Waals surface area contributed by atoms with Crippen LogP contribution in [0.15, 0.2) is 76.5 Å². The van der Waals surface area contributed by atoms with Gasteiger partial charge in [0, 0.05) is 11.8 Å². The quantitative estimate of drug-likeness (QED) is 0.871. The highest BCUT2D eigenvalue weighted by molar-refractivity contribution is 7.95. The average molecular weight is 372 g/mol. The maximum Gasteiger partial charge on any atom is 0.202 e. The zero-order chi connectivity index (χ0) is 18.7. The van der Waals surface area contributed by atoms with Gasteiger partial charge in [-0.05, 0) is 23.8 Å². The lowest BCUT2D eigenvalue weighted by atomic mass is 9.83. The molecule has 0 bridgehead atoms. The Bertz CT molecular complexity index is 859. The summed E-state index contributed by atoms with van der Waals surface area (Å²) in [5.74, 6) is -0.671. The second kappa shape index (κ2) is 7.74. The van der Waals surface area contributed by atoms with E-state index in [1.54, 1.807) is 43.3 Å². The average Bonchev–Trinajstić information content (AvgIpc) is 2.67. The van der Waals surface area contributed by atoms with Gasteiger partial charge in [-0.3, -0.25) is 0 Å². The number of aliphatic hydroxyl groups is 1. The van der Waals surface area contributed by atoms with Crippen LogP contribution in [0.3, 0.4) is 0 Å². The lowest BCUT2D eigenvalue weighted by Crippen LogP contribution is -2.41. The summed E-state index contributed by atoms with van der Waals surface area (Å²) >= 11 is 0. The molecule has 138 valence electrons. The summed E-state index contributed by atoms with van der Waals surface area (Å²) in [7, 11) is -3.66. The monoisotopic (exact) mass is 372 g/mol. The SMILES string of the molecule is C[C@H]1[C@@H](O)[C@@H](C)C(S(=O)(=O)c2ccccc2)=C[C@H]1OCc1ccccc1. The highest BCUT2D eigenvalue weighted by atomic mass is 32.2. The molecule has 0 aromatic heterocycles. The standard InChI is InChI=1S/C21H24O4S/c1-15-19(25-14-17-9-5-3-6-10-17)13-20(16(2)21(15)22)26(23,24)18-11-7-4-8-12-18/h3-13,15-16,19,21-22H,14H2,1-2H3/t15-,16+,19-,21-/m1/s1. The Morgan fingerprint density at radius 2 is 1.54 bits per heavy atom. The summed E-state index contributed by atoms with van der Waals surface area (Å²) in [4.78, 5) is 0.467. The number of aliphatic hydroxyl groups excluding tert-OH is 1. The molecule has 4 nitrogen and oxygen atoms in total. The summed E-state index contributed by atoms with van der Waals surface area (Å²) in [5.41, 5.74) is 1.01. The van der Waals surface area contributed by atoms with Crippen molar-refractivity contribution in [1.29, 1.82) is 0 Å². The first-order chi connectivity index (χ1) is 12.4. The minimum absolute atomic E-state index is 0.191. The topological polar surface area (TPSA) is 63.6 Å². The van der Waals surface area contributed by atoms with E-state index in [9.17, 15) is 13.5 Å². The van der Waals surface area contributed by atoms with E-state index >= 15 is 0 Å². The van der Waals surface area contributed by atoms with Crippen LogP contribution in [0.4, 0.5) is 0 Å². The van der Waals surface area contributed by atoms with Gasteiger partial charge < -0.3 is 9.84 Å². The molecule has 0 fully saturated rings. The molecule has 0 amide bonds. The van der Waals surface area contributed by atoms with Crippen molar-refractivity contribution in [2.24, 2.45) is 11.8 Å². The summed E-state index contributed by atoms with van der Waals surface area (Å²) in [6.07, 6.45) is 0.428. The van der Waals surface area contributed by atoms with E-state index in [0.29, 0.717) is 6.61 Å². The van der Waals surface area contributed by atoms with Crippen LogP contribution < -0.4 is 0 Å². The summed E-state index contributed by atoms with van der Waals surface area (Å²) in [6.45, 7) is 4.01. The Labute approximate surface area is 155 Å². The molecule has 1 aliphatic carbocycles. The van der Waals surface area contributed by atoms with Crippen LogP contribution in [0.2, 0.25) is 0 Å². The van der Waals surface area contributed by atoms with E-state index in [0.717, 1.165) is 5.56 Å². The molecule has 2 aromatic carbocycles. The van der Waals surface area contributed by atoms with E-state index in [1.165, 1.54) is 0 Å². The Morgan fingerprint density at radius 3 is 2.15 bits per heavy atom. The van der Waals surface area contributed by atoms with E-state index < -0.39 is 28.0 Å². The fraction of sp³-hybridized carbons (Fsp3) is 0.333. The summed E-state index contributed by atoms with van der Waals surface area (Å²) in [5, 5.41) is 10.6. The van der Waals surface area contributed by atoms with Gasteiger partial charge in [-0.15, -0.1) is 0 Å². The molecule has 2 aromatic rings. The Balaban J connectivity index is 1.90. The lowest BCUT2D eigenvalue weighted by molar-refractivity contribution is -0.0336. The first-order valence-corrected chi connectivity index (χ1v) is 10.2. The molecule has 0 unspecified atom stereocenters. The molecule has 26 heavy (non-hydrogen) atoms. The van der Waals surface area contributed by atoms with Crippen LogP contribution in [0, 0.1) is 11.8 Å². The Morgan fingerprint density at radius 1 is 0.962 bits per heavy atom.